The van der Waals surface area contributed by atoms with Gasteiger partial charge in [-0.05, 0) is 47.8 Å². The number of esters is 1. The minimum absolute atomic E-state index is 0.00775. The van der Waals surface area contributed by atoms with Crippen LogP contribution in [-0.2, 0) is 16.0 Å². The Hall–Kier alpha value is -1.51. The van der Waals surface area contributed by atoms with Crippen LogP contribution in [0.1, 0.15) is 52.5 Å². The van der Waals surface area contributed by atoms with Crippen molar-refractivity contribution in [2.24, 2.45) is 10.8 Å². The van der Waals surface area contributed by atoms with Gasteiger partial charge in [-0.2, -0.15) is 0 Å². The van der Waals surface area contributed by atoms with Gasteiger partial charge in [0.2, 0.25) is 0 Å². The second kappa shape index (κ2) is 5.70. The highest BCUT2D eigenvalue weighted by molar-refractivity contribution is 5.72. The summed E-state index contributed by atoms with van der Waals surface area (Å²) in [7, 11) is 0. The van der Waals surface area contributed by atoms with Crippen molar-refractivity contribution in [2.45, 2.75) is 59.5 Å². The third-order valence-electron chi connectivity index (χ3n) is 4.10. The maximum absolute atomic E-state index is 12.1. The Morgan fingerprint density at radius 2 is 1.67 bits per heavy atom. The Labute approximate surface area is 127 Å². The minimum Gasteiger partial charge on any atom is -0.508 e. The van der Waals surface area contributed by atoms with Crippen LogP contribution >= 0.6 is 0 Å². The molecule has 1 aromatic carbocycles. The summed E-state index contributed by atoms with van der Waals surface area (Å²) >= 11 is 0. The summed E-state index contributed by atoms with van der Waals surface area (Å²) in [4.78, 5) is 12.1. The number of carbonyl (C=O) groups is 1. The number of aromatic hydroxyl groups is 1. The third kappa shape index (κ3) is 4.76. The summed E-state index contributed by atoms with van der Waals surface area (Å²) in [6.07, 6.45) is 3.28. The largest absolute Gasteiger partial charge is 0.508 e. The topological polar surface area (TPSA) is 46.5 Å². The molecule has 0 saturated heterocycles. The molecule has 3 nitrogen and oxygen atoms in total. The van der Waals surface area contributed by atoms with E-state index < -0.39 is 0 Å². The average Bonchev–Trinajstić information content (AvgIpc) is 2.27. The molecule has 1 aliphatic carbocycles. The first-order valence-electron chi connectivity index (χ1n) is 7.63. The maximum atomic E-state index is 12.1. The van der Waals surface area contributed by atoms with Crippen LogP contribution in [0.5, 0.6) is 5.75 Å². The molecule has 0 aromatic heterocycles. The summed E-state index contributed by atoms with van der Waals surface area (Å²) in [5, 5.41) is 9.25. The summed E-state index contributed by atoms with van der Waals surface area (Å²) in [5.41, 5.74) is 1.29. The van der Waals surface area contributed by atoms with Crippen molar-refractivity contribution < 1.29 is 14.6 Å². The molecule has 116 valence electrons. The van der Waals surface area contributed by atoms with Gasteiger partial charge in [-0.25, -0.2) is 0 Å². The van der Waals surface area contributed by atoms with Crippen molar-refractivity contribution in [1.29, 1.82) is 0 Å². The smallest absolute Gasteiger partial charge is 0.310 e. The molecule has 0 unspecified atom stereocenters. The van der Waals surface area contributed by atoms with E-state index in [1.807, 2.05) is 0 Å². The predicted molar refractivity (Wildman–Crippen MR) is 83.1 cm³/mol. The van der Waals surface area contributed by atoms with Gasteiger partial charge in [0, 0.05) is 0 Å². The summed E-state index contributed by atoms with van der Waals surface area (Å²) in [5.74, 6) is 0.0297. The van der Waals surface area contributed by atoms with E-state index in [1.165, 1.54) is 0 Å². The molecule has 21 heavy (non-hydrogen) atoms. The van der Waals surface area contributed by atoms with Gasteiger partial charge in [-0.3, -0.25) is 4.79 Å². The van der Waals surface area contributed by atoms with E-state index in [2.05, 4.69) is 27.7 Å². The fourth-order valence-electron chi connectivity index (χ4n) is 3.84. The predicted octanol–water partition coefficient (Wildman–Crippen LogP) is 4.08. The van der Waals surface area contributed by atoms with Gasteiger partial charge in [0.05, 0.1) is 6.42 Å². The number of phenols is 1. The van der Waals surface area contributed by atoms with E-state index in [-0.39, 0.29) is 35.1 Å². The van der Waals surface area contributed by atoms with E-state index in [9.17, 15) is 9.90 Å². The molecule has 0 aliphatic heterocycles. The first-order chi connectivity index (χ1) is 9.65. The standard InChI is InChI=1S/C18H26O3/c1-17(2)10-15(11-18(3,4)12-17)21-16(20)9-13-5-7-14(19)8-6-13/h5-8,15,19H,9-12H2,1-4H3. The lowest BCUT2D eigenvalue weighted by Crippen LogP contribution is -2.39. The van der Waals surface area contributed by atoms with Gasteiger partial charge in [-0.1, -0.05) is 39.8 Å². The molecule has 1 aromatic rings. The van der Waals surface area contributed by atoms with Crippen LogP contribution in [0.2, 0.25) is 0 Å². The Bertz CT molecular complexity index is 484. The van der Waals surface area contributed by atoms with E-state index >= 15 is 0 Å². The maximum Gasteiger partial charge on any atom is 0.310 e. The van der Waals surface area contributed by atoms with Crippen LogP contribution in [0.4, 0.5) is 0 Å². The van der Waals surface area contributed by atoms with Gasteiger partial charge < -0.3 is 9.84 Å². The SMILES string of the molecule is CC1(C)CC(OC(=O)Cc2ccc(O)cc2)CC(C)(C)C1. The number of benzene rings is 1. The van der Waals surface area contributed by atoms with Crippen LogP contribution < -0.4 is 0 Å². The van der Waals surface area contributed by atoms with Crippen LogP contribution in [0.25, 0.3) is 0 Å². The van der Waals surface area contributed by atoms with E-state index in [4.69, 9.17) is 4.74 Å². The molecule has 0 heterocycles. The zero-order chi connectivity index (χ0) is 15.7. The Morgan fingerprint density at radius 1 is 1.14 bits per heavy atom. The zero-order valence-electron chi connectivity index (χ0n) is 13.5. The first kappa shape index (κ1) is 15.9. The number of hydrogen-bond donors (Lipinski definition) is 1. The quantitative estimate of drug-likeness (QED) is 0.853. The van der Waals surface area contributed by atoms with Crippen molar-refractivity contribution in [3.8, 4) is 5.75 Å². The number of rotatable bonds is 3. The fourth-order valence-corrected chi connectivity index (χ4v) is 3.84. The Kier molecular flexibility index (Phi) is 4.31. The number of phenolic OH excluding ortho intramolecular Hbond substituents is 1. The van der Waals surface area contributed by atoms with Gasteiger partial charge in [0.1, 0.15) is 11.9 Å². The lowest BCUT2D eigenvalue weighted by Gasteiger charge is -2.44. The number of carbonyl (C=O) groups excluding carboxylic acids is 1. The van der Waals surface area contributed by atoms with Crippen LogP contribution in [0.15, 0.2) is 24.3 Å². The van der Waals surface area contributed by atoms with Crippen LogP contribution in [-0.4, -0.2) is 17.2 Å². The molecule has 0 bridgehead atoms. The molecule has 0 amide bonds. The zero-order valence-corrected chi connectivity index (χ0v) is 13.5. The van der Waals surface area contributed by atoms with Crippen molar-refractivity contribution in [3.63, 3.8) is 0 Å². The first-order valence-corrected chi connectivity index (χ1v) is 7.63. The van der Waals surface area contributed by atoms with Crippen LogP contribution in [0, 0.1) is 10.8 Å². The highest BCUT2D eigenvalue weighted by Gasteiger charge is 2.39. The molecule has 1 saturated carbocycles. The molecule has 1 fully saturated rings. The molecule has 1 N–H and O–H groups in total. The molecule has 0 spiro atoms. The normalized spacial score (nSPS) is 21.0. The van der Waals surface area contributed by atoms with Gasteiger partial charge in [-0.15, -0.1) is 0 Å². The second-order valence-electron chi connectivity index (χ2n) is 7.87. The van der Waals surface area contributed by atoms with Gasteiger partial charge in [0.25, 0.3) is 0 Å². The molecule has 1 aliphatic rings. The van der Waals surface area contributed by atoms with E-state index in [0.29, 0.717) is 0 Å². The molecular weight excluding hydrogens is 264 g/mol. The number of hydrogen-bond acceptors (Lipinski definition) is 3. The minimum atomic E-state index is -0.181. The monoisotopic (exact) mass is 290 g/mol. The van der Waals surface area contributed by atoms with Crippen molar-refractivity contribution in [1.82, 2.24) is 0 Å². The molecular formula is C18H26O3. The highest BCUT2D eigenvalue weighted by atomic mass is 16.5. The summed E-state index contributed by atoms with van der Waals surface area (Å²) in [6.45, 7) is 8.98. The summed E-state index contributed by atoms with van der Waals surface area (Å²) in [6, 6.07) is 6.70. The van der Waals surface area contributed by atoms with Gasteiger partial charge >= 0.3 is 5.97 Å². The highest BCUT2D eigenvalue weighted by Crippen LogP contribution is 2.46. The Morgan fingerprint density at radius 3 is 2.19 bits per heavy atom. The van der Waals surface area contributed by atoms with Crippen molar-refractivity contribution in [3.05, 3.63) is 29.8 Å². The van der Waals surface area contributed by atoms with Gasteiger partial charge in [0.15, 0.2) is 0 Å². The van der Waals surface area contributed by atoms with Crippen molar-refractivity contribution >= 4 is 5.97 Å². The lowest BCUT2D eigenvalue weighted by molar-refractivity contribution is -0.154. The van der Waals surface area contributed by atoms with E-state index in [0.717, 1.165) is 24.8 Å². The lowest BCUT2D eigenvalue weighted by atomic mass is 9.64. The van der Waals surface area contributed by atoms with Crippen LogP contribution in [0.3, 0.4) is 0 Å². The number of ether oxygens (including phenoxy) is 1. The van der Waals surface area contributed by atoms with E-state index in [1.54, 1.807) is 24.3 Å². The average molecular weight is 290 g/mol. The summed E-state index contributed by atoms with van der Waals surface area (Å²) < 4.78 is 5.70. The third-order valence-corrected chi connectivity index (χ3v) is 4.10. The molecule has 0 atom stereocenters. The molecule has 0 radical (unpaired) electrons. The van der Waals surface area contributed by atoms with Crippen molar-refractivity contribution in [2.75, 3.05) is 0 Å². The molecule has 2 rings (SSSR count). The Balaban J connectivity index is 1.94. The fraction of sp³-hybridized carbons (Fsp3) is 0.611. The molecule has 3 heteroatoms. The second-order valence-corrected chi connectivity index (χ2v) is 7.87.